The van der Waals surface area contributed by atoms with Gasteiger partial charge in [-0.05, 0) is 207 Å². The number of benzene rings is 6. The van der Waals surface area contributed by atoms with E-state index in [9.17, 15) is 19.2 Å². The molecule has 0 N–H and O–H groups in total. The van der Waals surface area contributed by atoms with E-state index in [2.05, 4.69) is 232 Å². The maximum absolute atomic E-state index is 12.5. The standard InChI is InChI=1S/C84H90N2O8S3/c1-7-13-19-27-73(93-83(89)11-5)63-33-45-69(46-34-63)85(67-41-29-61(30-42-67)25-21-15-17-23-59-91-81(87)9-3)71-49-37-65(38-50-71)75-53-55-77(95-75)79-57-58-80(97-79)78-56-54-76(96-78)66-39-51-72(52-40-66)86(68-43-31-62(32-44-68)26-22-16-18-24-60-92-82(88)10-4)70-47-35-64(36-48-70)74(28-20-14-8-2)94-84(90)12-6/h9-12,29-58,73-74H,3-8,13-28,59-60H2,1-2H3. The molecule has 97 heavy (non-hydrogen) atoms. The topological polar surface area (TPSA) is 112 Å². The third kappa shape index (κ3) is 21.2. The maximum atomic E-state index is 12.5. The van der Waals surface area contributed by atoms with Crippen molar-refractivity contribution in [3.63, 3.8) is 0 Å². The molecule has 9 rings (SSSR count). The average molecular weight is 1350 g/mol. The molecule has 0 bridgehead atoms. The van der Waals surface area contributed by atoms with Crippen molar-refractivity contribution in [2.75, 3.05) is 23.0 Å². The first-order valence-electron chi connectivity index (χ1n) is 34.2. The molecule has 0 spiro atoms. The van der Waals surface area contributed by atoms with E-state index in [1.807, 2.05) is 11.3 Å². The summed E-state index contributed by atoms with van der Waals surface area (Å²) in [5.41, 5.74) is 12.8. The first kappa shape index (κ1) is 72.1. The lowest BCUT2D eigenvalue weighted by Gasteiger charge is -2.26. The molecule has 2 atom stereocenters. The summed E-state index contributed by atoms with van der Waals surface area (Å²) in [5, 5.41) is 0. The second-order valence-electron chi connectivity index (χ2n) is 24.1. The molecule has 3 aromatic heterocycles. The van der Waals surface area contributed by atoms with Crippen molar-refractivity contribution in [1.82, 2.24) is 0 Å². The predicted molar refractivity (Wildman–Crippen MR) is 404 cm³/mol. The first-order chi connectivity index (χ1) is 47.5. The van der Waals surface area contributed by atoms with Gasteiger partial charge in [-0.3, -0.25) is 0 Å². The van der Waals surface area contributed by atoms with Crippen molar-refractivity contribution in [3.05, 3.63) is 255 Å². The Morgan fingerprint density at radius 2 is 0.629 bits per heavy atom. The molecule has 0 aliphatic heterocycles. The van der Waals surface area contributed by atoms with Gasteiger partial charge in [-0.25, -0.2) is 19.2 Å². The van der Waals surface area contributed by atoms with Crippen LogP contribution in [0.1, 0.15) is 151 Å². The number of ether oxygens (including phenoxy) is 4. The number of hydrogen-bond donors (Lipinski definition) is 0. The van der Waals surface area contributed by atoms with Crippen molar-refractivity contribution in [2.24, 2.45) is 0 Å². The van der Waals surface area contributed by atoms with Crippen LogP contribution in [0.5, 0.6) is 0 Å². The van der Waals surface area contributed by atoms with E-state index in [1.54, 1.807) is 22.7 Å². The van der Waals surface area contributed by atoms with E-state index in [-0.39, 0.29) is 24.1 Å². The van der Waals surface area contributed by atoms with Gasteiger partial charge < -0.3 is 28.7 Å². The number of nitrogens with zero attached hydrogens (tertiary/aromatic N) is 2. The summed E-state index contributed by atoms with van der Waals surface area (Å²) in [5.74, 6) is -1.58. The fourth-order valence-electron chi connectivity index (χ4n) is 11.8. The fraction of sp³-hybridized carbons (Fsp3) is 0.286. The Labute approximate surface area is 586 Å². The van der Waals surface area contributed by atoms with Crippen LogP contribution in [0.3, 0.4) is 0 Å². The molecule has 0 aliphatic carbocycles. The molecule has 0 saturated carbocycles. The highest BCUT2D eigenvalue weighted by Gasteiger charge is 2.22. The summed E-state index contributed by atoms with van der Waals surface area (Å²) in [6.07, 6.45) is 21.7. The van der Waals surface area contributed by atoms with E-state index in [4.69, 9.17) is 18.9 Å². The molecule has 0 saturated heterocycles. The largest absolute Gasteiger partial charge is 0.463 e. The molecule has 502 valence electrons. The number of carbonyl (C=O) groups excluding carboxylic acids is 4. The number of unbranched alkanes of at least 4 members (excludes halogenated alkanes) is 10. The molecule has 0 amide bonds. The molecule has 13 heteroatoms. The normalized spacial score (nSPS) is 11.6. The summed E-state index contributed by atoms with van der Waals surface area (Å²) < 4.78 is 22.0. The summed E-state index contributed by atoms with van der Waals surface area (Å²) in [4.78, 5) is 59.6. The number of rotatable bonds is 40. The van der Waals surface area contributed by atoms with Gasteiger partial charge in [-0.2, -0.15) is 0 Å². The third-order valence-electron chi connectivity index (χ3n) is 17.1. The Bertz CT molecular complexity index is 3720. The number of thiophene rings is 3. The van der Waals surface area contributed by atoms with Crippen LogP contribution in [0.4, 0.5) is 34.1 Å². The average Bonchev–Trinajstić information content (AvgIpc) is 1.75. The molecular formula is C84H90N2O8S3. The van der Waals surface area contributed by atoms with Gasteiger partial charge in [0.15, 0.2) is 0 Å². The van der Waals surface area contributed by atoms with Gasteiger partial charge in [0, 0.05) is 87.7 Å². The minimum Gasteiger partial charge on any atom is -0.463 e. The van der Waals surface area contributed by atoms with Crippen LogP contribution in [0.15, 0.2) is 233 Å². The highest BCUT2D eigenvalue weighted by molar-refractivity contribution is 7.27. The zero-order chi connectivity index (χ0) is 68.1. The van der Waals surface area contributed by atoms with Gasteiger partial charge in [-0.15, -0.1) is 34.0 Å². The molecule has 3 heterocycles. The highest BCUT2D eigenvalue weighted by atomic mass is 32.1. The van der Waals surface area contributed by atoms with Gasteiger partial charge in [0.1, 0.15) is 12.2 Å². The SMILES string of the molecule is C=CC(=O)OCCCCCCc1ccc(N(c2ccc(-c3ccc(-c4ccc(-c5ccc(-c6ccc(N(c7ccc(CCCCCCOC(=O)C=C)cc7)c7ccc(C(CCCCC)OC(=O)C=C)cc7)cc6)s5)s4)s3)cc2)c2ccc(C(CCCCC)OC(=O)C=C)cc2)cc1. The van der Waals surface area contributed by atoms with Gasteiger partial charge in [0.25, 0.3) is 0 Å². The van der Waals surface area contributed by atoms with Gasteiger partial charge in [0.2, 0.25) is 0 Å². The molecule has 0 fully saturated rings. The Morgan fingerprint density at radius 1 is 0.340 bits per heavy atom. The second kappa shape index (κ2) is 38.0. The minimum atomic E-state index is -0.418. The van der Waals surface area contributed by atoms with Crippen LogP contribution in [0.25, 0.3) is 40.4 Å². The Kier molecular flexibility index (Phi) is 28.2. The van der Waals surface area contributed by atoms with E-state index in [1.165, 1.54) is 64.7 Å². The lowest BCUT2D eigenvalue weighted by atomic mass is 10.0. The fourth-order valence-corrected chi connectivity index (χ4v) is 15.0. The molecule has 2 unspecified atom stereocenters. The summed E-state index contributed by atoms with van der Waals surface area (Å²) in [7, 11) is 0. The predicted octanol–water partition coefficient (Wildman–Crippen LogP) is 23.8. The molecule has 6 aromatic carbocycles. The summed E-state index contributed by atoms with van der Waals surface area (Å²) in [6.45, 7) is 19.4. The number of carbonyl (C=O) groups is 4. The van der Waals surface area contributed by atoms with Crippen LogP contribution in [-0.4, -0.2) is 37.1 Å². The van der Waals surface area contributed by atoms with Crippen LogP contribution < -0.4 is 9.80 Å². The monoisotopic (exact) mass is 1350 g/mol. The molecular weight excluding hydrogens is 1260 g/mol. The van der Waals surface area contributed by atoms with Gasteiger partial charge in [0.05, 0.1) is 13.2 Å². The van der Waals surface area contributed by atoms with Gasteiger partial charge in [-0.1, -0.05) is 164 Å². The van der Waals surface area contributed by atoms with E-state index in [0.717, 1.165) is 172 Å². The number of aryl methyl sites for hydroxylation is 2. The van der Waals surface area contributed by atoms with Crippen molar-refractivity contribution in [2.45, 2.75) is 142 Å². The Hall–Kier alpha value is -9.14. The van der Waals surface area contributed by atoms with Gasteiger partial charge >= 0.3 is 23.9 Å². The highest BCUT2D eigenvalue weighted by Crippen LogP contribution is 2.45. The van der Waals surface area contributed by atoms with Crippen molar-refractivity contribution < 1.29 is 38.1 Å². The van der Waals surface area contributed by atoms with Crippen LogP contribution in [-0.2, 0) is 51.0 Å². The second-order valence-corrected chi connectivity index (χ2v) is 27.3. The zero-order valence-corrected chi connectivity index (χ0v) is 58.6. The lowest BCUT2D eigenvalue weighted by Crippen LogP contribution is -2.12. The van der Waals surface area contributed by atoms with Crippen molar-refractivity contribution >= 4 is 92.0 Å². The third-order valence-corrected chi connectivity index (χ3v) is 20.8. The van der Waals surface area contributed by atoms with Crippen LogP contribution in [0.2, 0.25) is 0 Å². The van der Waals surface area contributed by atoms with Crippen LogP contribution >= 0.6 is 34.0 Å². The Morgan fingerprint density at radius 3 is 0.948 bits per heavy atom. The van der Waals surface area contributed by atoms with Crippen molar-refractivity contribution in [3.8, 4) is 40.4 Å². The summed E-state index contributed by atoms with van der Waals surface area (Å²) >= 11 is 5.42. The molecule has 0 aliphatic rings. The number of hydrogen-bond acceptors (Lipinski definition) is 13. The van der Waals surface area contributed by atoms with E-state index >= 15 is 0 Å². The number of esters is 4. The van der Waals surface area contributed by atoms with E-state index < -0.39 is 11.9 Å². The van der Waals surface area contributed by atoms with E-state index in [0.29, 0.717) is 13.2 Å². The molecule has 10 nitrogen and oxygen atoms in total. The maximum Gasteiger partial charge on any atom is 0.330 e. The smallest absolute Gasteiger partial charge is 0.330 e. The quantitative estimate of drug-likeness (QED) is 0.0159. The molecule has 9 aromatic rings. The molecule has 0 radical (unpaired) electrons. The lowest BCUT2D eigenvalue weighted by molar-refractivity contribution is -0.144. The minimum absolute atomic E-state index is 0.355. The van der Waals surface area contributed by atoms with Crippen molar-refractivity contribution in [1.29, 1.82) is 0 Å². The first-order valence-corrected chi connectivity index (χ1v) is 36.7. The number of anilines is 6. The zero-order valence-electron chi connectivity index (χ0n) is 56.1. The summed E-state index contributed by atoms with van der Waals surface area (Å²) in [6, 6.07) is 65.5. The van der Waals surface area contributed by atoms with Crippen LogP contribution in [0, 0.1) is 0 Å². The Balaban J connectivity index is 0.890.